The molecule has 2 N–H and O–H groups in total. The van der Waals surface area contributed by atoms with Gasteiger partial charge in [0.15, 0.2) is 0 Å². The second-order valence-corrected chi connectivity index (χ2v) is 6.15. The van der Waals surface area contributed by atoms with Crippen molar-refractivity contribution in [1.29, 1.82) is 0 Å². The molecular weight excluding hydrogens is 266 g/mol. The van der Waals surface area contributed by atoms with Crippen LogP contribution in [-0.2, 0) is 0 Å². The van der Waals surface area contributed by atoms with Crippen LogP contribution < -0.4 is 10.6 Å². The lowest BCUT2D eigenvalue weighted by molar-refractivity contribution is -0.383. The van der Waals surface area contributed by atoms with Crippen molar-refractivity contribution < 1.29 is 4.92 Å². The van der Waals surface area contributed by atoms with Gasteiger partial charge in [0, 0.05) is 13.1 Å². The van der Waals surface area contributed by atoms with Crippen molar-refractivity contribution in [3.8, 4) is 0 Å². The predicted molar refractivity (Wildman–Crippen MR) is 86.8 cm³/mol. The molecule has 0 amide bonds. The van der Waals surface area contributed by atoms with Gasteiger partial charge in [-0.25, -0.2) is 0 Å². The van der Waals surface area contributed by atoms with Gasteiger partial charge in [-0.1, -0.05) is 32.8 Å². The molecule has 2 unspecified atom stereocenters. The molecule has 1 aromatic rings. The number of nitrogens with one attached hydrogen (secondary N) is 2. The number of nitro groups is 1. The minimum Gasteiger partial charge on any atom is -0.382 e. The molecule has 0 radical (unpaired) electrons. The molecule has 1 aliphatic rings. The molecule has 0 bridgehead atoms. The molecule has 1 aromatic carbocycles. The van der Waals surface area contributed by atoms with E-state index in [-0.39, 0.29) is 10.6 Å². The van der Waals surface area contributed by atoms with Gasteiger partial charge < -0.3 is 10.6 Å². The van der Waals surface area contributed by atoms with Crippen LogP contribution >= 0.6 is 0 Å². The summed E-state index contributed by atoms with van der Waals surface area (Å²) < 4.78 is 0. The molecule has 1 saturated carbocycles. The highest BCUT2D eigenvalue weighted by molar-refractivity contribution is 5.76. The Kier molecular flexibility index (Phi) is 5.04. The summed E-state index contributed by atoms with van der Waals surface area (Å²) in [4.78, 5) is 11.1. The summed E-state index contributed by atoms with van der Waals surface area (Å²) in [6, 6.07) is 5.73. The largest absolute Gasteiger partial charge is 0.382 e. The summed E-state index contributed by atoms with van der Waals surface area (Å²) in [6.07, 6.45) is 4.75. The third-order valence-corrected chi connectivity index (χ3v) is 4.50. The highest BCUT2D eigenvalue weighted by atomic mass is 16.6. The van der Waals surface area contributed by atoms with Crippen LogP contribution in [0.25, 0.3) is 0 Å². The van der Waals surface area contributed by atoms with Gasteiger partial charge in [0.1, 0.15) is 11.4 Å². The average Bonchev–Trinajstić information content (AvgIpc) is 2.47. The van der Waals surface area contributed by atoms with E-state index in [1.165, 1.54) is 19.3 Å². The molecule has 1 fully saturated rings. The molecule has 1 aliphatic carbocycles. The predicted octanol–water partition coefficient (Wildman–Crippen LogP) is 4.26. The monoisotopic (exact) mass is 291 g/mol. The maximum atomic E-state index is 11.4. The standard InChI is InChI=1S/C16H25N3O2/c1-11(2)12-7-4-5-8-13(12)18-15-10-6-9-14(17-3)16(15)19(20)21/h6,9-13,17-18H,4-5,7-8H2,1-3H3. The number of benzene rings is 1. The Morgan fingerprint density at radius 2 is 1.90 bits per heavy atom. The first kappa shape index (κ1) is 15.6. The Hall–Kier alpha value is -1.78. The summed E-state index contributed by atoms with van der Waals surface area (Å²) >= 11 is 0. The number of anilines is 2. The average molecular weight is 291 g/mol. The number of rotatable bonds is 5. The van der Waals surface area contributed by atoms with E-state index < -0.39 is 0 Å². The summed E-state index contributed by atoms with van der Waals surface area (Å²) in [5.41, 5.74) is 1.33. The summed E-state index contributed by atoms with van der Waals surface area (Å²) in [5, 5.41) is 17.7. The first-order valence-electron chi connectivity index (χ1n) is 7.76. The molecule has 0 saturated heterocycles. The van der Waals surface area contributed by atoms with E-state index in [9.17, 15) is 10.1 Å². The maximum absolute atomic E-state index is 11.4. The van der Waals surface area contributed by atoms with E-state index in [4.69, 9.17) is 0 Å². The van der Waals surface area contributed by atoms with Gasteiger partial charge in [-0.05, 0) is 36.8 Å². The van der Waals surface area contributed by atoms with Crippen LogP contribution in [-0.4, -0.2) is 18.0 Å². The lowest BCUT2D eigenvalue weighted by Crippen LogP contribution is -2.35. The fraction of sp³-hybridized carbons (Fsp3) is 0.625. The quantitative estimate of drug-likeness (QED) is 0.628. The summed E-state index contributed by atoms with van der Waals surface area (Å²) in [6.45, 7) is 4.48. The first-order valence-corrected chi connectivity index (χ1v) is 7.76. The minimum atomic E-state index is -0.304. The van der Waals surface area contributed by atoms with E-state index in [0.717, 1.165) is 6.42 Å². The number of hydrogen-bond acceptors (Lipinski definition) is 4. The van der Waals surface area contributed by atoms with E-state index in [1.807, 2.05) is 12.1 Å². The van der Waals surface area contributed by atoms with Crippen LogP contribution in [0.3, 0.4) is 0 Å². The van der Waals surface area contributed by atoms with Gasteiger partial charge in [0.2, 0.25) is 0 Å². The van der Waals surface area contributed by atoms with Gasteiger partial charge in [-0.3, -0.25) is 10.1 Å². The van der Waals surface area contributed by atoms with Gasteiger partial charge >= 0.3 is 5.69 Å². The Morgan fingerprint density at radius 1 is 1.24 bits per heavy atom. The second-order valence-electron chi connectivity index (χ2n) is 6.15. The Labute approximate surface area is 126 Å². The van der Waals surface area contributed by atoms with Crippen LogP contribution in [0.2, 0.25) is 0 Å². The van der Waals surface area contributed by atoms with E-state index in [0.29, 0.717) is 29.3 Å². The zero-order valence-corrected chi connectivity index (χ0v) is 13.1. The maximum Gasteiger partial charge on any atom is 0.315 e. The topological polar surface area (TPSA) is 67.2 Å². The van der Waals surface area contributed by atoms with E-state index in [1.54, 1.807) is 13.1 Å². The molecule has 116 valence electrons. The molecule has 0 heterocycles. The minimum absolute atomic E-state index is 0.146. The molecule has 0 aliphatic heterocycles. The van der Waals surface area contributed by atoms with Crippen molar-refractivity contribution >= 4 is 17.1 Å². The third-order valence-electron chi connectivity index (χ3n) is 4.50. The first-order chi connectivity index (χ1) is 10.0. The third kappa shape index (κ3) is 3.46. The van der Waals surface area contributed by atoms with Crippen molar-refractivity contribution in [2.24, 2.45) is 11.8 Å². The normalized spacial score (nSPS) is 22.1. The van der Waals surface area contributed by atoms with Gasteiger partial charge in [0.05, 0.1) is 4.92 Å². The Morgan fingerprint density at radius 3 is 2.52 bits per heavy atom. The molecule has 5 nitrogen and oxygen atoms in total. The van der Waals surface area contributed by atoms with Crippen molar-refractivity contribution in [2.75, 3.05) is 17.7 Å². The van der Waals surface area contributed by atoms with Crippen molar-refractivity contribution in [2.45, 2.75) is 45.6 Å². The van der Waals surface area contributed by atoms with Crippen LogP contribution in [0.4, 0.5) is 17.1 Å². The lowest BCUT2D eigenvalue weighted by atomic mass is 9.77. The number of nitrogens with zero attached hydrogens (tertiary/aromatic N) is 1. The Balaban J connectivity index is 2.27. The highest BCUT2D eigenvalue weighted by Crippen LogP contribution is 2.37. The fourth-order valence-electron chi connectivity index (χ4n) is 3.39. The van der Waals surface area contributed by atoms with E-state index >= 15 is 0 Å². The second kappa shape index (κ2) is 6.78. The van der Waals surface area contributed by atoms with Crippen molar-refractivity contribution in [3.05, 3.63) is 28.3 Å². The molecule has 0 aromatic heterocycles. The lowest BCUT2D eigenvalue weighted by Gasteiger charge is -2.35. The fourth-order valence-corrected chi connectivity index (χ4v) is 3.39. The summed E-state index contributed by atoms with van der Waals surface area (Å²) in [7, 11) is 1.71. The molecule has 5 heteroatoms. The highest BCUT2D eigenvalue weighted by Gasteiger charge is 2.29. The Bertz CT molecular complexity index is 502. The van der Waals surface area contributed by atoms with Gasteiger partial charge in [-0.2, -0.15) is 0 Å². The summed E-state index contributed by atoms with van der Waals surface area (Å²) in [5.74, 6) is 1.17. The van der Waals surface area contributed by atoms with Crippen LogP contribution in [0.5, 0.6) is 0 Å². The van der Waals surface area contributed by atoms with Crippen LogP contribution in [0.15, 0.2) is 18.2 Å². The smallest absolute Gasteiger partial charge is 0.315 e. The zero-order chi connectivity index (χ0) is 15.4. The number of nitro benzene ring substituents is 1. The zero-order valence-electron chi connectivity index (χ0n) is 13.1. The van der Waals surface area contributed by atoms with Gasteiger partial charge in [-0.15, -0.1) is 0 Å². The molecule has 0 spiro atoms. The molecule has 2 rings (SSSR count). The van der Waals surface area contributed by atoms with Crippen LogP contribution in [0, 0.1) is 22.0 Å². The van der Waals surface area contributed by atoms with Gasteiger partial charge in [0.25, 0.3) is 0 Å². The molecular formula is C16H25N3O2. The molecule has 21 heavy (non-hydrogen) atoms. The SMILES string of the molecule is CNc1cccc(NC2CCCCC2C(C)C)c1[N+](=O)[O-]. The van der Waals surface area contributed by atoms with E-state index in [2.05, 4.69) is 24.5 Å². The van der Waals surface area contributed by atoms with Crippen LogP contribution in [0.1, 0.15) is 39.5 Å². The van der Waals surface area contributed by atoms with Crippen molar-refractivity contribution in [1.82, 2.24) is 0 Å². The number of para-hydroxylation sites is 1. The van der Waals surface area contributed by atoms with Crippen molar-refractivity contribution in [3.63, 3.8) is 0 Å². The number of hydrogen-bond donors (Lipinski definition) is 2. The molecule has 2 atom stereocenters.